The monoisotopic (exact) mass is 462 g/mol. The van der Waals surface area contributed by atoms with Gasteiger partial charge in [0, 0.05) is 6.20 Å². The first-order valence-electron chi connectivity index (χ1n) is 12.1. The van der Waals surface area contributed by atoms with E-state index < -0.39 is 0 Å². The topological polar surface area (TPSA) is 84.4 Å². The average molecular weight is 462 g/mol. The Balaban J connectivity index is 1.27. The highest BCUT2D eigenvalue weighted by Crippen LogP contribution is 2.50. The van der Waals surface area contributed by atoms with Crippen molar-refractivity contribution >= 4 is 12.6 Å². The zero-order chi connectivity index (χ0) is 23.7. The summed E-state index contributed by atoms with van der Waals surface area (Å²) >= 11 is 0. The fourth-order valence-electron chi connectivity index (χ4n) is 4.75. The molecule has 0 amide bonds. The Morgan fingerprint density at radius 2 is 1.71 bits per heavy atom. The molecule has 1 atom stereocenters. The van der Waals surface area contributed by atoms with Gasteiger partial charge in [0.15, 0.2) is 5.82 Å². The molecular formula is C25H31BN4O4. The lowest BCUT2D eigenvalue weighted by Gasteiger charge is -2.32. The van der Waals surface area contributed by atoms with E-state index in [0.717, 1.165) is 23.9 Å². The fraction of sp³-hybridized carbons (Fsp3) is 0.560. The zero-order valence-electron chi connectivity index (χ0n) is 20.4. The largest absolute Gasteiger partial charge is 0.494 e. The Kier molecular flexibility index (Phi) is 4.86. The molecule has 1 aliphatic carbocycles. The summed E-state index contributed by atoms with van der Waals surface area (Å²) in [5.41, 5.74) is 1.97. The van der Waals surface area contributed by atoms with E-state index >= 15 is 0 Å². The van der Waals surface area contributed by atoms with Crippen molar-refractivity contribution in [2.75, 3.05) is 13.2 Å². The summed E-state index contributed by atoms with van der Waals surface area (Å²) in [5, 5.41) is 8.88. The summed E-state index contributed by atoms with van der Waals surface area (Å²) in [7, 11) is -0.374. The van der Waals surface area contributed by atoms with Gasteiger partial charge >= 0.3 is 7.12 Å². The van der Waals surface area contributed by atoms with Crippen LogP contribution in [0.2, 0.25) is 0 Å². The predicted octanol–water partition coefficient (Wildman–Crippen LogP) is 3.52. The van der Waals surface area contributed by atoms with Crippen LogP contribution >= 0.6 is 0 Å². The summed E-state index contributed by atoms with van der Waals surface area (Å²) < 4.78 is 25.3. The van der Waals surface area contributed by atoms with E-state index in [1.807, 2.05) is 10.9 Å². The van der Waals surface area contributed by atoms with E-state index in [2.05, 4.69) is 69.1 Å². The smallest absolute Gasteiger partial charge is 0.399 e. The second-order valence-corrected chi connectivity index (χ2v) is 11.0. The molecule has 34 heavy (non-hydrogen) atoms. The average Bonchev–Trinajstić information content (AvgIpc) is 3.22. The highest BCUT2D eigenvalue weighted by atomic mass is 16.7. The first-order chi connectivity index (χ1) is 16.2. The third-order valence-corrected chi connectivity index (χ3v) is 8.16. The molecule has 4 heterocycles. The molecule has 0 radical (unpaired) electrons. The second-order valence-electron chi connectivity index (χ2n) is 11.0. The zero-order valence-corrected chi connectivity index (χ0v) is 20.4. The molecule has 9 heteroatoms. The Bertz CT molecular complexity index is 1180. The normalized spacial score (nSPS) is 23.6. The molecule has 1 saturated carbocycles. The SMILES string of the molecule is CC(c1ccc(B2OC(C)(C)C(C)(C)O2)cc1)(c1noc(-c2cnn(C3COC3)c2)n1)C1CC1. The maximum absolute atomic E-state index is 6.23. The summed E-state index contributed by atoms with van der Waals surface area (Å²) in [5.74, 6) is 1.70. The van der Waals surface area contributed by atoms with E-state index in [1.54, 1.807) is 6.20 Å². The van der Waals surface area contributed by atoms with Gasteiger partial charge in [-0.2, -0.15) is 10.1 Å². The van der Waals surface area contributed by atoms with E-state index in [4.69, 9.17) is 23.6 Å². The third-order valence-electron chi connectivity index (χ3n) is 8.16. The highest BCUT2D eigenvalue weighted by molar-refractivity contribution is 6.62. The lowest BCUT2D eigenvalue weighted by atomic mass is 9.73. The van der Waals surface area contributed by atoms with Gasteiger partial charge in [0.25, 0.3) is 5.89 Å². The van der Waals surface area contributed by atoms with E-state index in [0.29, 0.717) is 30.8 Å². The standard InChI is InChI=1S/C25H31BN4O4/c1-23(2)24(3,4)34-26(33-23)19-10-8-18(9-11-19)25(5,17-6-7-17)22-28-21(32-29-22)16-12-27-30(13-16)20-14-31-15-20/h8-13,17,20H,6-7,14-15H2,1-5H3. The van der Waals surface area contributed by atoms with Crippen LogP contribution < -0.4 is 5.46 Å². The highest BCUT2D eigenvalue weighted by Gasteiger charge is 2.52. The maximum Gasteiger partial charge on any atom is 0.494 e. The number of rotatable bonds is 6. The predicted molar refractivity (Wildman–Crippen MR) is 127 cm³/mol. The van der Waals surface area contributed by atoms with Crippen molar-refractivity contribution in [1.82, 2.24) is 19.9 Å². The van der Waals surface area contributed by atoms with Crippen molar-refractivity contribution in [3.05, 3.63) is 48.0 Å². The molecule has 3 aromatic rings. The molecule has 2 saturated heterocycles. The summed E-state index contributed by atoms with van der Waals surface area (Å²) in [6, 6.07) is 8.80. The Morgan fingerprint density at radius 1 is 1.03 bits per heavy atom. The molecule has 0 N–H and O–H groups in total. The Morgan fingerprint density at radius 3 is 2.29 bits per heavy atom. The molecule has 178 valence electrons. The quantitative estimate of drug-likeness (QED) is 0.519. The minimum absolute atomic E-state index is 0.287. The van der Waals surface area contributed by atoms with Crippen LogP contribution in [0.3, 0.4) is 0 Å². The van der Waals surface area contributed by atoms with Crippen molar-refractivity contribution in [2.45, 2.75) is 70.1 Å². The molecule has 2 aliphatic heterocycles. The first kappa shape index (κ1) is 22.0. The van der Waals surface area contributed by atoms with Crippen LogP contribution in [-0.4, -0.2) is 51.5 Å². The third kappa shape index (κ3) is 3.44. The number of benzene rings is 1. The van der Waals surface area contributed by atoms with E-state index in [1.165, 1.54) is 5.56 Å². The first-order valence-corrected chi connectivity index (χ1v) is 12.1. The van der Waals surface area contributed by atoms with Crippen molar-refractivity contribution in [1.29, 1.82) is 0 Å². The molecule has 1 unspecified atom stereocenters. The van der Waals surface area contributed by atoms with Gasteiger partial charge in [0.05, 0.1) is 47.6 Å². The maximum atomic E-state index is 6.23. The molecular weight excluding hydrogens is 431 g/mol. The van der Waals surface area contributed by atoms with Crippen molar-refractivity contribution < 1.29 is 18.6 Å². The molecule has 1 aromatic carbocycles. The van der Waals surface area contributed by atoms with Crippen LogP contribution in [0.15, 0.2) is 41.2 Å². The van der Waals surface area contributed by atoms with Gasteiger partial charge in [0.2, 0.25) is 0 Å². The molecule has 6 rings (SSSR count). The van der Waals surface area contributed by atoms with Crippen LogP contribution in [0.5, 0.6) is 0 Å². The van der Waals surface area contributed by atoms with E-state index in [-0.39, 0.29) is 29.8 Å². The summed E-state index contributed by atoms with van der Waals surface area (Å²) in [6.07, 6.45) is 6.04. The van der Waals surface area contributed by atoms with Crippen LogP contribution in [0.25, 0.3) is 11.5 Å². The summed E-state index contributed by atoms with van der Waals surface area (Å²) in [4.78, 5) is 4.83. The molecule has 8 nitrogen and oxygen atoms in total. The van der Waals surface area contributed by atoms with Crippen molar-refractivity contribution in [3.63, 3.8) is 0 Å². The fourth-order valence-corrected chi connectivity index (χ4v) is 4.75. The number of aromatic nitrogens is 4. The minimum atomic E-state index is -0.374. The molecule has 0 spiro atoms. The molecule has 3 aliphatic rings. The van der Waals surface area contributed by atoms with Crippen LogP contribution in [-0.2, 0) is 19.5 Å². The van der Waals surface area contributed by atoms with Gasteiger partial charge in [-0.25, -0.2) is 0 Å². The Labute approximate surface area is 200 Å². The lowest BCUT2D eigenvalue weighted by Crippen LogP contribution is -2.41. The molecule has 2 aromatic heterocycles. The number of nitrogens with zero attached hydrogens (tertiary/aromatic N) is 4. The second kappa shape index (κ2) is 7.50. The van der Waals surface area contributed by atoms with Crippen LogP contribution in [0.4, 0.5) is 0 Å². The lowest BCUT2D eigenvalue weighted by molar-refractivity contribution is -0.0286. The molecule has 0 bridgehead atoms. The number of hydrogen-bond donors (Lipinski definition) is 0. The van der Waals surface area contributed by atoms with E-state index in [9.17, 15) is 0 Å². The van der Waals surface area contributed by atoms with Gasteiger partial charge < -0.3 is 18.6 Å². The summed E-state index contributed by atoms with van der Waals surface area (Å²) in [6.45, 7) is 11.9. The number of ether oxygens (including phenoxy) is 1. The van der Waals surface area contributed by atoms with Crippen molar-refractivity contribution in [3.8, 4) is 11.5 Å². The Hall–Kier alpha value is -2.49. The van der Waals surface area contributed by atoms with Crippen LogP contribution in [0, 0.1) is 5.92 Å². The van der Waals surface area contributed by atoms with Gasteiger partial charge in [-0.3, -0.25) is 4.68 Å². The van der Waals surface area contributed by atoms with Gasteiger partial charge in [-0.15, -0.1) is 0 Å². The van der Waals surface area contributed by atoms with Gasteiger partial charge in [-0.1, -0.05) is 29.4 Å². The van der Waals surface area contributed by atoms with Crippen LogP contribution in [0.1, 0.15) is 64.9 Å². The number of hydrogen-bond acceptors (Lipinski definition) is 7. The molecule has 3 fully saturated rings. The van der Waals surface area contributed by atoms with Crippen molar-refractivity contribution in [2.24, 2.45) is 5.92 Å². The minimum Gasteiger partial charge on any atom is -0.399 e. The van der Waals surface area contributed by atoms with Gasteiger partial charge in [0.1, 0.15) is 0 Å². The van der Waals surface area contributed by atoms with Gasteiger partial charge in [-0.05, 0) is 64.4 Å².